The Bertz CT molecular complexity index is 943. The fourth-order valence-corrected chi connectivity index (χ4v) is 2.39. The Morgan fingerprint density at radius 2 is 1.88 bits per heavy atom. The van der Waals surface area contributed by atoms with Gasteiger partial charge in [-0.25, -0.2) is 0 Å². The first-order chi connectivity index (χ1) is 12.6. The third kappa shape index (κ3) is 4.42. The van der Waals surface area contributed by atoms with Crippen LogP contribution in [0.4, 0.5) is 11.5 Å². The van der Waals surface area contributed by atoms with Crippen LogP contribution in [0.1, 0.15) is 27.2 Å². The molecule has 1 amide bonds. The van der Waals surface area contributed by atoms with Gasteiger partial charge in [0.25, 0.3) is 5.91 Å². The molecule has 0 spiro atoms. The molecule has 2 aromatic carbocycles. The van der Waals surface area contributed by atoms with Gasteiger partial charge in [0.15, 0.2) is 11.5 Å². The number of aromatic nitrogens is 2. The van der Waals surface area contributed by atoms with Gasteiger partial charge in [0.1, 0.15) is 0 Å². The lowest BCUT2D eigenvalue weighted by atomic mass is 10.1. The Morgan fingerprint density at radius 1 is 1.08 bits per heavy atom. The zero-order valence-corrected chi connectivity index (χ0v) is 14.2. The lowest BCUT2D eigenvalue weighted by Crippen LogP contribution is -2.24. The molecule has 3 rings (SSSR count). The highest BCUT2D eigenvalue weighted by Crippen LogP contribution is 2.14. The largest absolute Gasteiger partial charge is 0.347 e. The Labute approximate surface area is 151 Å². The average molecular weight is 343 g/mol. The molecule has 1 aromatic heterocycles. The van der Waals surface area contributed by atoms with Crippen LogP contribution in [0, 0.1) is 18.3 Å². The number of amides is 1. The summed E-state index contributed by atoms with van der Waals surface area (Å²) in [6, 6.07) is 20.3. The normalized spacial score (nSPS) is 10.0. The van der Waals surface area contributed by atoms with Gasteiger partial charge in [-0.05, 0) is 48.9 Å². The highest BCUT2D eigenvalue weighted by molar-refractivity contribution is 5.92. The zero-order chi connectivity index (χ0) is 18.4. The monoisotopic (exact) mass is 343 g/mol. The van der Waals surface area contributed by atoms with E-state index in [0.717, 1.165) is 16.8 Å². The van der Waals surface area contributed by atoms with Crippen LogP contribution in [-0.2, 0) is 6.54 Å². The highest BCUT2D eigenvalue weighted by Gasteiger charge is 2.08. The van der Waals surface area contributed by atoms with Gasteiger partial charge in [0.2, 0.25) is 0 Å². The molecule has 128 valence electrons. The van der Waals surface area contributed by atoms with E-state index in [1.165, 1.54) is 0 Å². The summed E-state index contributed by atoms with van der Waals surface area (Å²) < 4.78 is 0. The van der Waals surface area contributed by atoms with E-state index < -0.39 is 0 Å². The Balaban J connectivity index is 1.59. The van der Waals surface area contributed by atoms with E-state index in [1.54, 1.807) is 36.4 Å². The minimum absolute atomic E-state index is 0.253. The fourth-order valence-electron chi connectivity index (χ4n) is 2.39. The number of nitrogens with one attached hydrogen (secondary N) is 2. The number of benzene rings is 2. The molecule has 0 saturated heterocycles. The summed E-state index contributed by atoms with van der Waals surface area (Å²) in [4.78, 5) is 12.2. The van der Waals surface area contributed by atoms with Gasteiger partial charge in [-0.1, -0.05) is 29.8 Å². The molecule has 1 heterocycles. The van der Waals surface area contributed by atoms with E-state index in [1.807, 2.05) is 31.2 Å². The summed E-state index contributed by atoms with van der Waals surface area (Å²) in [5.74, 6) is 0.244. The van der Waals surface area contributed by atoms with Crippen LogP contribution in [0.2, 0.25) is 0 Å². The van der Waals surface area contributed by atoms with Crippen molar-refractivity contribution in [3.63, 3.8) is 0 Å². The fraction of sp³-hybridized carbons (Fsp3) is 0.100. The molecule has 0 atom stereocenters. The van der Waals surface area contributed by atoms with Crippen molar-refractivity contribution in [1.29, 1.82) is 5.26 Å². The molecule has 0 fully saturated rings. The molecular weight excluding hydrogens is 326 g/mol. The van der Waals surface area contributed by atoms with Gasteiger partial charge in [0, 0.05) is 12.2 Å². The van der Waals surface area contributed by atoms with Crippen molar-refractivity contribution in [3.05, 3.63) is 83.0 Å². The van der Waals surface area contributed by atoms with E-state index >= 15 is 0 Å². The zero-order valence-electron chi connectivity index (χ0n) is 14.2. The number of aryl methyl sites for hydroxylation is 1. The van der Waals surface area contributed by atoms with E-state index in [9.17, 15) is 4.79 Å². The summed E-state index contributed by atoms with van der Waals surface area (Å²) in [5, 5.41) is 22.7. The number of nitrogens with zero attached hydrogens (tertiary/aromatic N) is 3. The first-order valence-corrected chi connectivity index (χ1v) is 8.09. The molecule has 3 aromatic rings. The molecule has 6 heteroatoms. The van der Waals surface area contributed by atoms with Gasteiger partial charge in [0.05, 0.1) is 11.6 Å². The molecule has 0 unspecified atom stereocenters. The summed E-state index contributed by atoms with van der Waals surface area (Å²) >= 11 is 0. The van der Waals surface area contributed by atoms with Crippen molar-refractivity contribution in [2.24, 2.45) is 0 Å². The average Bonchev–Trinajstić information content (AvgIpc) is 2.67. The van der Waals surface area contributed by atoms with E-state index in [4.69, 9.17) is 5.26 Å². The van der Waals surface area contributed by atoms with Gasteiger partial charge in [-0.2, -0.15) is 5.26 Å². The SMILES string of the molecule is Cc1cccc(CNC(=O)c2ccc(Nc3ccc(C#N)cc3)nn2)c1. The number of nitriles is 1. The van der Waals surface area contributed by atoms with Crippen LogP contribution in [0.3, 0.4) is 0 Å². The van der Waals surface area contributed by atoms with Crippen LogP contribution in [-0.4, -0.2) is 16.1 Å². The Kier molecular flexibility index (Phi) is 5.20. The predicted octanol–water partition coefficient (Wildman–Crippen LogP) is 3.33. The quantitative estimate of drug-likeness (QED) is 0.741. The van der Waals surface area contributed by atoms with Crippen LogP contribution in [0.5, 0.6) is 0 Å². The van der Waals surface area contributed by atoms with E-state index in [2.05, 4.69) is 26.9 Å². The minimum atomic E-state index is -0.274. The predicted molar refractivity (Wildman–Crippen MR) is 98.8 cm³/mol. The molecule has 26 heavy (non-hydrogen) atoms. The van der Waals surface area contributed by atoms with Gasteiger partial charge >= 0.3 is 0 Å². The van der Waals surface area contributed by atoms with E-state index in [0.29, 0.717) is 17.9 Å². The first-order valence-electron chi connectivity index (χ1n) is 8.09. The second-order valence-electron chi connectivity index (χ2n) is 5.79. The first kappa shape index (κ1) is 17.1. The molecule has 2 N–H and O–H groups in total. The minimum Gasteiger partial charge on any atom is -0.347 e. The maximum atomic E-state index is 12.2. The van der Waals surface area contributed by atoms with Crippen LogP contribution >= 0.6 is 0 Å². The standard InChI is InChI=1S/C20H17N5O/c1-14-3-2-4-16(11-14)13-22-20(26)18-9-10-19(25-24-18)23-17-7-5-15(12-21)6-8-17/h2-11H,13H2,1H3,(H,22,26)(H,23,25). The molecule has 0 aliphatic carbocycles. The Morgan fingerprint density at radius 3 is 2.54 bits per heavy atom. The molecule has 0 saturated carbocycles. The maximum absolute atomic E-state index is 12.2. The maximum Gasteiger partial charge on any atom is 0.272 e. The summed E-state index contributed by atoms with van der Waals surface area (Å²) in [5.41, 5.74) is 3.81. The number of carbonyl (C=O) groups excluding carboxylic acids is 1. The van der Waals surface area contributed by atoms with Gasteiger partial charge in [-0.15, -0.1) is 10.2 Å². The second-order valence-corrected chi connectivity index (χ2v) is 5.79. The van der Waals surface area contributed by atoms with Crippen molar-refractivity contribution < 1.29 is 4.79 Å². The van der Waals surface area contributed by atoms with Crippen molar-refractivity contribution in [2.75, 3.05) is 5.32 Å². The molecule has 0 aliphatic heterocycles. The van der Waals surface area contributed by atoms with Gasteiger partial charge in [-0.3, -0.25) is 4.79 Å². The second kappa shape index (κ2) is 7.90. The van der Waals surface area contributed by atoms with Crippen LogP contribution in [0.25, 0.3) is 0 Å². The summed E-state index contributed by atoms with van der Waals surface area (Å²) in [7, 11) is 0. The lowest BCUT2D eigenvalue weighted by molar-refractivity contribution is 0.0945. The van der Waals surface area contributed by atoms with E-state index in [-0.39, 0.29) is 11.6 Å². The number of anilines is 2. The van der Waals surface area contributed by atoms with Crippen molar-refractivity contribution in [3.8, 4) is 6.07 Å². The highest BCUT2D eigenvalue weighted by atomic mass is 16.1. The van der Waals surface area contributed by atoms with Crippen LogP contribution < -0.4 is 10.6 Å². The number of hydrogen-bond donors (Lipinski definition) is 2. The number of carbonyl (C=O) groups is 1. The number of rotatable bonds is 5. The smallest absolute Gasteiger partial charge is 0.272 e. The molecular formula is C20H17N5O. The summed E-state index contributed by atoms with van der Waals surface area (Å²) in [6.45, 7) is 2.45. The Hall–Kier alpha value is -3.72. The van der Waals surface area contributed by atoms with Crippen molar-refractivity contribution in [1.82, 2.24) is 15.5 Å². The molecule has 0 radical (unpaired) electrons. The molecule has 0 bridgehead atoms. The number of hydrogen-bond acceptors (Lipinski definition) is 5. The van der Waals surface area contributed by atoms with Crippen LogP contribution in [0.15, 0.2) is 60.7 Å². The third-order valence-electron chi connectivity index (χ3n) is 3.72. The van der Waals surface area contributed by atoms with Gasteiger partial charge < -0.3 is 10.6 Å². The topological polar surface area (TPSA) is 90.7 Å². The lowest BCUT2D eigenvalue weighted by Gasteiger charge is -2.07. The summed E-state index contributed by atoms with van der Waals surface area (Å²) in [6.07, 6.45) is 0. The molecule has 0 aliphatic rings. The van der Waals surface area contributed by atoms with Crippen molar-refractivity contribution in [2.45, 2.75) is 13.5 Å². The van der Waals surface area contributed by atoms with Crippen molar-refractivity contribution >= 4 is 17.4 Å². The molecule has 6 nitrogen and oxygen atoms in total. The third-order valence-corrected chi connectivity index (χ3v) is 3.72.